The van der Waals surface area contributed by atoms with E-state index in [9.17, 15) is 14.9 Å². The Morgan fingerprint density at radius 1 is 1.56 bits per heavy atom. The van der Waals surface area contributed by atoms with Crippen LogP contribution < -0.4 is 5.32 Å². The standard InChI is InChI=1S/C11H11N3O4/c1-11(2,10(15)16)13-8-4-3-7(6-12)9(5-8)14(17)18/h3-5,13H,1-2H3,(H,15,16). The normalized spacial score (nSPS) is 10.5. The van der Waals surface area contributed by atoms with Gasteiger partial charge in [-0.1, -0.05) is 0 Å². The van der Waals surface area contributed by atoms with Crippen LogP contribution >= 0.6 is 0 Å². The van der Waals surface area contributed by atoms with Crippen LogP contribution in [0.3, 0.4) is 0 Å². The van der Waals surface area contributed by atoms with Crippen LogP contribution in [0.5, 0.6) is 0 Å². The largest absolute Gasteiger partial charge is 0.480 e. The highest BCUT2D eigenvalue weighted by Crippen LogP contribution is 2.24. The van der Waals surface area contributed by atoms with Gasteiger partial charge in [-0.3, -0.25) is 10.1 Å². The quantitative estimate of drug-likeness (QED) is 0.620. The van der Waals surface area contributed by atoms with E-state index >= 15 is 0 Å². The summed E-state index contributed by atoms with van der Waals surface area (Å²) < 4.78 is 0. The molecular weight excluding hydrogens is 238 g/mol. The zero-order chi connectivity index (χ0) is 13.9. The Labute approximate surface area is 103 Å². The molecule has 1 aromatic rings. The molecule has 0 aliphatic rings. The van der Waals surface area contributed by atoms with Crippen LogP contribution in [0, 0.1) is 21.4 Å². The number of nitrogens with one attached hydrogen (secondary N) is 1. The number of nitriles is 1. The Kier molecular flexibility index (Phi) is 3.52. The molecule has 0 heterocycles. The predicted octanol–water partition coefficient (Wildman–Crippen LogP) is 1.74. The van der Waals surface area contributed by atoms with Crippen LogP contribution in [0.4, 0.5) is 11.4 Å². The average Bonchev–Trinajstić information content (AvgIpc) is 2.28. The molecule has 0 spiro atoms. The summed E-state index contributed by atoms with van der Waals surface area (Å²) in [4.78, 5) is 21.0. The minimum absolute atomic E-state index is 0.0707. The van der Waals surface area contributed by atoms with E-state index < -0.39 is 16.4 Å². The first-order chi connectivity index (χ1) is 8.27. The fourth-order valence-electron chi connectivity index (χ4n) is 1.27. The van der Waals surface area contributed by atoms with Gasteiger partial charge in [-0.25, -0.2) is 4.79 Å². The van der Waals surface area contributed by atoms with Crippen molar-refractivity contribution in [1.82, 2.24) is 0 Å². The van der Waals surface area contributed by atoms with E-state index in [1.807, 2.05) is 0 Å². The molecule has 2 N–H and O–H groups in total. The third-order valence-corrected chi connectivity index (χ3v) is 2.31. The second-order valence-electron chi connectivity index (χ2n) is 4.16. The summed E-state index contributed by atoms with van der Waals surface area (Å²) in [5, 5.41) is 31.0. The molecule has 1 aromatic carbocycles. The topological polar surface area (TPSA) is 116 Å². The molecule has 0 aromatic heterocycles. The van der Waals surface area contributed by atoms with Crippen molar-refractivity contribution in [2.45, 2.75) is 19.4 Å². The van der Waals surface area contributed by atoms with Crippen LogP contribution in [0.2, 0.25) is 0 Å². The fraction of sp³-hybridized carbons (Fsp3) is 0.273. The Bertz CT molecular complexity index is 546. The average molecular weight is 249 g/mol. The van der Waals surface area contributed by atoms with Crippen LogP contribution in [-0.2, 0) is 4.79 Å². The van der Waals surface area contributed by atoms with Gasteiger partial charge in [-0.05, 0) is 26.0 Å². The molecule has 0 aliphatic heterocycles. The van der Waals surface area contributed by atoms with Gasteiger partial charge in [-0.2, -0.15) is 5.26 Å². The third-order valence-electron chi connectivity index (χ3n) is 2.31. The number of benzene rings is 1. The van der Waals surface area contributed by atoms with Crippen molar-refractivity contribution in [2.75, 3.05) is 5.32 Å². The molecule has 18 heavy (non-hydrogen) atoms. The molecule has 0 fully saturated rings. The number of carboxylic acids is 1. The Morgan fingerprint density at radius 3 is 2.61 bits per heavy atom. The summed E-state index contributed by atoms with van der Waals surface area (Å²) >= 11 is 0. The van der Waals surface area contributed by atoms with Crippen molar-refractivity contribution in [1.29, 1.82) is 5.26 Å². The maximum absolute atomic E-state index is 10.9. The Balaban J connectivity index is 3.15. The number of carbonyl (C=O) groups is 1. The molecular formula is C11H11N3O4. The predicted molar refractivity (Wildman–Crippen MR) is 63.1 cm³/mol. The van der Waals surface area contributed by atoms with Crippen molar-refractivity contribution in [3.05, 3.63) is 33.9 Å². The van der Waals surface area contributed by atoms with Gasteiger partial charge in [0.1, 0.15) is 17.2 Å². The first-order valence-electron chi connectivity index (χ1n) is 4.98. The van der Waals surface area contributed by atoms with Crippen molar-refractivity contribution in [3.63, 3.8) is 0 Å². The zero-order valence-electron chi connectivity index (χ0n) is 9.80. The summed E-state index contributed by atoms with van der Waals surface area (Å²) in [5.74, 6) is -1.09. The zero-order valence-corrected chi connectivity index (χ0v) is 9.80. The van der Waals surface area contributed by atoms with Gasteiger partial charge in [0, 0.05) is 11.8 Å². The van der Waals surface area contributed by atoms with E-state index in [1.54, 1.807) is 6.07 Å². The van der Waals surface area contributed by atoms with E-state index in [0.29, 0.717) is 0 Å². The van der Waals surface area contributed by atoms with Crippen molar-refractivity contribution in [3.8, 4) is 6.07 Å². The minimum atomic E-state index is -1.26. The lowest BCUT2D eigenvalue weighted by Gasteiger charge is -2.22. The monoisotopic (exact) mass is 249 g/mol. The highest BCUT2D eigenvalue weighted by molar-refractivity contribution is 5.82. The number of carboxylic acid groups (broad SMARTS) is 1. The SMILES string of the molecule is CC(C)(Nc1ccc(C#N)c([N+](=O)[O-])c1)C(=O)O. The highest BCUT2D eigenvalue weighted by atomic mass is 16.6. The summed E-state index contributed by atoms with van der Waals surface area (Å²) in [6.07, 6.45) is 0. The van der Waals surface area contributed by atoms with Crippen LogP contribution in [0.25, 0.3) is 0 Å². The minimum Gasteiger partial charge on any atom is -0.480 e. The second-order valence-corrected chi connectivity index (χ2v) is 4.16. The lowest BCUT2D eigenvalue weighted by Crippen LogP contribution is -2.39. The molecule has 0 radical (unpaired) electrons. The number of aliphatic carboxylic acids is 1. The van der Waals surface area contributed by atoms with Gasteiger partial charge in [0.2, 0.25) is 0 Å². The van der Waals surface area contributed by atoms with E-state index in [-0.39, 0.29) is 16.9 Å². The maximum Gasteiger partial charge on any atom is 0.328 e. The summed E-state index contributed by atoms with van der Waals surface area (Å²) in [5.41, 5.74) is -1.42. The van der Waals surface area contributed by atoms with Crippen LogP contribution in [0.1, 0.15) is 19.4 Å². The molecule has 1 rings (SSSR count). The molecule has 0 saturated heterocycles. The molecule has 0 aliphatic carbocycles. The number of rotatable bonds is 4. The first-order valence-corrected chi connectivity index (χ1v) is 4.98. The molecule has 94 valence electrons. The number of nitro groups is 1. The number of hydrogen-bond acceptors (Lipinski definition) is 5. The molecule has 0 saturated carbocycles. The van der Waals surface area contributed by atoms with Crippen molar-refractivity contribution < 1.29 is 14.8 Å². The molecule has 0 atom stereocenters. The van der Waals surface area contributed by atoms with Gasteiger partial charge in [0.25, 0.3) is 5.69 Å². The Morgan fingerprint density at radius 2 is 2.17 bits per heavy atom. The first kappa shape index (κ1) is 13.4. The van der Waals surface area contributed by atoms with Gasteiger partial charge >= 0.3 is 5.97 Å². The van der Waals surface area contributed by atoms with E-state index in [4.69, 9.17) is 10.4 Å². The fourth-order valence-corrected chi connectivity index (χ4v) is 1.27. The van der Waals surface area contributed by atoms with E-state index in [1.165, 1.54) is 26.0 Å². The summed E-state index contributed by atoms with van der Waals surface area (Å²) in [7, 11) is 0. The van der Waals surface area contributed by atoms with Gasteiger partial charge in [-0.15, -0.1) is 0 Å². The van der Waals surface area contributed by atoms with Gasteiger partial charge in [0.15, 0.2) is 0 Å². The van der Waals surface area contributed by atoms with Gasteiger partial charge < -0.3 is 10.4 Å². The summed E-state index contributed by atoms with van der Waals surface area (Å²) in [6.45, 7) is 2.86. The lowest BCUT2D eigenvalue weighted by molar-refractivity contribution is -0.385. The third kappa shape index (κ3) is 2.74. The molecule has 7 heteroatoms. The molecule has 7 nitrogen and oxygen atoms in total. The number of anilines is 1. The smallest absolute Gasteiger partial charge is 0.328 e. The number of nitrogens with zero attached hydrogens (tertiary/aromatic N) is 2. The molecule has 0 bridgehead atoms. The lowest BCUT2D eigenvalue weighted by atomic mass is 10.1. The summed E-state index contributed by atoms with van der Waals surface area (Å²) in [6, 6.07) is 5.55. The van der Waals surface area contributed by atoms with Crippen molar-refractivity contribution >= 4 is 17.3 Å². The molecule has 0 amide bonds. The molecule has 0 unspecified atom stereocenters. The number of nitro benzene ring substituents is 1. The van der Waals surface area contributed by atoms with E-state index in [0.717, 1.165) is 6.07 Å². The van der Waals surface area contributed by atoms with Crippen molar-refractivity contribution in [2.24, 2.45) is 0 Å². The highest BCUT2D eigenvalue weighted by Gasteiger charge is 2.27. The second kappa shape index (κ2) is 4.71. The van der Waals surface area contributed by atoms with Gasteiger partial charge in [0.05, 0.1) is 4.92 Å². The maximum atomic E-state index is 10.9. The number of hydrogen-bond donors (Lipinski definition) is 2. The Hall–Kier alpha value is -2.62. The van der Waals surface area contributed by atoms with E-state index in [2.05, 4.69) is 5.32 Å². The van der Waals surface area contributed by atoms with Crippen LogP contribution in [0.15, 0.2) is 18.2 Å². The van der Waals surface area contributed by atoms with Crippen LogP contribution in [-0.4, -0.2) is 21.5 Å².